The van der Waals surface area contributed by atoms with Gasteiger partial charge in [0.1, 0.15) is 5.58 Å². The number of nitrogens with zero attached hydrogens (tertiary/aromatic N) is 1. The Hall–Kier alpha value is -2.20. The quantitative estimate of drug-likeness (QED) is 0.482. The highest BCUT2D eigenvalue weighted by atomic mass is 32.2. The van der Waals surface area contributed by atoms with Crippen molar-refractivity contribution in [1.82, 2.24) is 0 Å². The molecule has 0 bridgehead atoms. The van der Waals surface area contributed by atoms with E-state index in [1.807, 2.05) is 48.7 Å². The van der Waals surface area contributed by atoms with E-state index in [0.29, 0.717) is 11.1 Å². The molecule has 3 nitrogen and oxygen atoms in total. The molecule has 0 aliphatic rings. The van der Waals surface area contributed by atoms with Crippen molar-refractivity contribution in [1.29, 1.82) is 0 Å². The van der Waals surface area contributed by atoms with E-state index in [4.69, 9.17) is 4.42 Å². The summed E-state index contributed by atoms with van der Waals surface area (Å²) < 4.78 is 5.60. The van der Waals surface area contributed by atoms with Gasteiger partial charge in [0, 0.05) is 35.1 Å². The average Bonchev–Trinajstić information content (AvgIpc) is 2.62. The molecule has 0 aliphatic carbocycles. The average molecular weight is 339 g/mol. The molecule has 3 aromatic rings. The van der Waals surface area contributed by atoms with Crippen LogP contribution in [0.4, 0.5) is 5.69 Å². The van der Waals surface area contributed by atoms with Crippen LogP contribution in [0.1, 0.15) is 13.8 Å². The van der Waals surface area contributed by atoms with Crippen molar-refractivity contribution in [3.63, 3.8) is 0 Å². The van der Waals surface area contributed by atoms with Crippen molar-refractivity contribution in [3.05, 3.63) is 59.0 Å². The molecule has 124 valence electrons. The predicted molar refractivity (Wildman–Crippen MR) is 103 cm³/mol. The number of anilines is 1. The lowest BCUT2D eigenvalue weighted by Gasteiger charge is -2.21. The molecular formula is C20H21NO2S. The summed E-state index contributed by atoms with van der Waals surface area (Å²) in [4.78, 5) is 15.8. The molecular weight excluding hydrogens is 318 g/mol. The van der Waals surface area contributed by atoms with E-state index >= 15 is 0 Å². The van der Waals surface area contributed by atoms with E-state index in [1.54, 1.807) is 11.8 Å². The minimum atomic E-state index is -0.295. The molecule has 0 N–H and O–H groups in total. The third-order valence-electron chi connectivity index (χ3n) is 4.25. The molecule has 1 aromatic heterocycles. The van der Waals surface area contributed by atoms with Crippen molar-refractivity contribution in [3.8, 4) is 11.1 Å². The Morgan fingerprint density at radius 1 is 1.00 bits per heavy atom. The monoisotopic (exact) mass is 339 g/mol. The van der Waals surface area contributed by atoms with E-state index in [1.165, 1.54) is 4.90 Å². The van der Waals surface area contributed by atoms with Gasteiger partial charge in [-0.25, -0.2) is 4.79 Å². The molecule has 0 fully saturated rings. The lowest BCUT2D eigenvalue weighted by atomic mass is 10.1. The first kappa shape index (κ1) is 16.7. The van der Waals surface area contributed by atoms with Crippen LogP contribution in [-0.4, -0.2) is 19.3 Å². The van der Waals surface area contributed by atoms with E-state index in [9.17, 15) is 4.79 Å². The highest BCUT2D eigenvalue weighted by molar-refractivity contribution is 7.98. The second-order valence-electron chi connectivity index (χ2n) is 5.57. The van der Waals surface area contributed by atoms with Crippen LogP contribution >= 0.6 is 11.8 Å². The standard InChI is InChI=1S/C20H21NO2S/c1-4-21(5-2)16-9-6-15-12-18(20(22)23-19(15)13-16)14-7-10-17(24-3)11-8-14/h6-13H,4-5H2,1-3H3. The maximum absolute atomic E-state index is 12.4. The first-order chi connectivity index (χ1) is 11.7. The molecule has 0 spiro atoms. The Balaban J connectivity index is 2.07. The SMILES string of the molecule is CCN(CC)c1ccc2cc(-c3ccc(SC)cc3)c(=O)oc2c1. The molecule has 1 heterocycles. The molecule has 2 aromatic carbocycles. The summed E-state index contributed by atoms with van der Waals surface area (Å²) >= 11 is 1.68. The molecule has 0 amide bonds. The van der Waals surface area contributed by atoms with Gasteiger partial charge in [0.2, 0.25) is 0 Å². The van der Waals surface area contributed by atoms with Gasteiger partial charge in [-0.05, 0) is 56.0 Å². The zero-order valence-corrected chi connectivity index (χ0v) is 15.0. The molecule has 4 heteroatoms. The number of thioether (sulfide) groups is 1. The summed E-state index contributed by atoms with van der Waals surface area (Å²) in [5.41, 5.74) is 2.90. The summed E-state index contributed by atoms with van der Waals surface area (Å²) in [5.74, 6) is 0. The number of fused-ring (bicyclic) bond motifs is 1. The van der Waals surface area contributed by atoms with E-state index in [0.717, 1.165) is 29.7 Å². The highest BCUT2D eigenvalue weighted by Gasteiger charge is 2.10. The second-order valence-corrected chi connectivity index (χ2v) is 6.45. The third-order valence-corrected chi connectivity index (χ3v) is 4.99. The highest BCUT2D eigenvalue weighted by Crippen LogP contribution is 2.26. The molecule has 0 unspecified atom stereocenters. The van der Waals surface area contributed by atoms with Crippen LogP contribution < -0.4 is 10.5 Å². The van der Waals surface area contributed by atoms with Crippen molar-refractivity contribution < 1.29 is 4.42 Å². The van der Waals surface area contributed by atoms with Crippen molar-refractivity contribution in [2.75, 3.05) is 24.2 Å². The Bertz CT molecular complexity index is 896. The summed E-state index contributed by atoms with van der Waals surface area (Å²) in [7, 11) is 0. The Kier molecular flexibility index (Phi) is 4.95. The first-order valence-corrected chi connectivity index (χ1v) is 9.36. The van der Waals surface area contributed by atoms with Gasteiger partial charge in [-0.3, -0.25) is 0 Å². The third kappa shape index (κ3) is 3.20. The minimum Gasteiger partial charge on any atom is -0.422 e. The van der Waals surface area contributed by atoms with E-state index in [2.05, 4.69) is 24.8 Å². The van der Waals surface area contributed by atoms with Crippen molar-refractivity contribution in [2.24, 2.45) is 0 Å². The van der Waals surface area contributed by atoms with E-state index < -0.39 is 0 Å². The van der Waals surface area contributed by atoms with Gasteiger partial charge in [-0.1, -0.05) is 12.1 Å². The van der Waals surface area contributed by atoms with Gasteiger partial charge in [0.15, 0.2) is 0 Å². The fraction of sp³-hybridized carbons (Fsp3) is 0.250. The van der Waals surface area contributed by atoms with Gasteiger partial charge in [-0.2, -0.15) is 0 Å². The number of hydrogen-bond acceptors (Lipinski definition) is 4. The van der Waals surface area contributed by atoms with Gasteiger partial charge in [0.25, 0.3) is 0 Å². The zero-order valence-electron chi connectivity index (χ0n) is 14.2. The molecule has 0 radical (unpaired) electrons. The van der Waals surface area contributed by atoms with Crippen LogP contribution in [-0.2, 0) is 0 Å². The number of rotatable bonds is 5. The predicted octanol–water partition coefficient (Wildman–Crippen LogP) is 5.03. The number of hydrogen-bond donors (Lipinski definition) is 0. The summed E-state index contributed by atoms with van der Waals surface area (Å²) in [5, 5.41) is 0.939. The van der Waals surface area contributed by atoms with Crippen LogP contribution in [0.15, 0.2) is 62.6 Å². The largest absolute Gasteiger partial charge is 0.422 e. The van der Waals surface area contributed by atoms with Gasteiger partial charge >= 0.3 is 5.63 Å². The van der Waals surface area contributed by atoms with Crippen molar-refractivity contribution in [2.45, 2.75) is 18.7 Å². The van der Waals surface area contributed by atoms with Crippen LogP contribution in [0.5, 0.6) is 0 Å². The Morgan fingerprint density at radius 2 is 1.71 bits per heavy atom. The maximum Gasteiger partial charge on any atom is 0.344 e. The molecule has 3 rings (SSSR count). The van der Waals surface area contributed by atoms with Crippen LogP contribution in [0, 0.1) is 0 Å². The molecule has 24 heavy (non-hydrogen) atoms. The van der Waals surface area contributed by atoms with Gasteiger partial charge < -0.3 is 9.32 Å². The lowest BCUT2D eigenvalue weighted by Crippen LogP contribution is -2.21. The summed E-state index contributed by atoms with van der Waals surface area (Å²) in [6.07, 6.45) is 2.03. The fourth-order valence-electron chi connectivity index (χ4n) is 2.86. The van der Waals surface area contributed by atoms with Crippen molar-refractivity contribution >= 4 is 28.4 Å². The van der Waals surface area contributed by atoms with E-state index in [-0.39, 0.29) is 5.63 Å². The minimum absolute atomic E-state index is 0.295. The summed E-state index contributed by atoms with van der Waals surface area (Å²) in [6, 6.07) is 15.9. The van der Waals surface area contributed by atoms with Crippen LogP contribution in [0.2, 0.25) is 0 Å². The first-order valence-electron chi connectivity index (χ1n) is 8.13. The fourth-order valence-corrected chi connectivity index (χ4v) is 3.27. The Morgan fingerprint density at radius 3 is 2.33 bits per heavy atom. The summed E-state index contributed by atoms with van der Waals surface area (Å²) in [6.45, 7) is 6.08. The van der Waals surface area contributed by atoms with Gasteiger partial charge in [-0.15, -0.1) is 11.8 Å². The maximum atomic E-state index is 12.4. The lowest BCUT2D eigenvalue weighted by molar-refractivity contribution is 0.563. The normalized spacial score (nSPS) is 11.0. The molecule has 0 saturated heterocycles. The molecule has 0 aliphatic heterocycles. The van der Waals surface area contributed by atoms with Crippen LogP contribution in [0.25, 0.3) is 22.1 Å². The molecule has 0 atom stereocenters. The zero-order chi connectivity index (χ0) is 17.1. The molecule has 0 saturated carbocycles. The van der Waals surface area contributed by atoms with Gasteiger partial charge in [0.05, 0.1) is 5.56 Å². The second kappa shape index (κ2) is 7.14. The smallest absolute Gasteiger partial charge is 0.344 e. The topological polar surface area (TPSA) is 33.5 Å². The Labute approximate surface area is 146 Å². The number of benzene rings is 2. The van der Waals surface area contributed by atoms with Crippen LogP contribution in [0.3, 0.4) is 0 Å².